The third kappa shape index (κ3) is 4.78. The Bertz CT molecular complexity index is 1440. The highest BCUT2D eigenvalue weighted by Gasteiger charge is 2.27. The average molecular weight is 512 g/mol. The third-order valence-corrected chi connectivity index (χ3v) is 7.06. The van der Waals surface area contributed by atoms with E-state index in [2.05, 4.69) is 25.7 Å². The predicted molar refractivity (Wildman–Crippen MR) is 140 cm³/mol. The number of thiazole rings is 1. The molecule has 0 aliphatic carbocycles. The van der Waals surface area contributed by atoms with E-state index in [0.717, 1.165) is 23.5 Å². The van der Waals surface area contributed by atoms with E-state index in [1.54, 1.807) is 44.1 Å². The van der Waals surface area contributed by atoms with Gasteiger partial charge in [-0.3, -0.25) is 19.5 Å². The first-order chi connectivity index (χ1) is 17.4. The molecule has 1 aliphatic rings. The van der Waals surface area contributed by atoms with Gasteiger partial charge in [0.15, 0.2) is 0 Å². The summed E-state index contributed by atoms with van der Waals surface area (Å²) in [4.78, 5) is 37.7. The molecule has 1 aliphatic heterocycles. The summed E-state index contributed by atoms with van der Waals surface area (Å²) in [6, 6.07) is 5.44. The zero-order valence-electron chi connectivity index (χ0n) is 20.0. The van der Waals surface area contributed by atoms with Gasteiger partial charge in [0, 0.05) is 35.4 Å². The number of aromatic nitrogens is 4. The fourth-order valence-corrected chi connectivity index (χ4v) is 5.00. The van der Waals surface area contributed by atoms with E-state index in [-0.39, 0.29) is 27.3 Å². The number of likely N-dealkylation sites (tertiary alicyclic amines) is 1. The van der Waals surface area contributed by atoms with Gasteiger partial charge in [0.1, 0.15) is 4.83 Å². The number of hydrogen-bond acceptors (Lipinski definition) is 9. The number of aryl methyl sites for hydroxylation is 1. The quantitative estimate of drug-likeness (QED) is 0.370. The molecule has 1 fully saturated rings. The van der Waals surface area contributed by atoms with Crippen LogP contribution in [0.1, 0.15) is 18.9 Å². The first kappa shape index (κ1) is 23.9. The number of nitrogens with zero attached hydrogens (tertiary/aromatic N) is 5. The lowest BCUT2D eigenvalue weighted by Gasteiger charge is -2.37. The summed E-state index contributed by atoms with van der Waals surface area (Å²) >= 11 is 1.42. The molecule has 0 spiro atoms. The van der Waals surface area contributed by atoms with Gasteiger partial charge < -0.3 is 20.1 Å². The van der Waals surface area contributed by atoms with Gasteiger partial charge in [0.25, 0.3) is 5.91 Å². The summed E-state index contributed by atoms with van der Waals surface area (Å²) < 4.78 is 12.3. The Morgan fingerprint density at radius 2 is 2.06 bits per heavy atom. The van der Waals surface area contributed by atoms with E-state index in [0.29, 0.717) is 33.3 Å². The van der Waals surface area contributed by atoms with E-state index in [1.807, 2.05) is 23.2 Å². The SMILES string of the molecule is COc1ncccc1-c1cn2ncc(C(=O)Nc3cc(NC(=O)CN4CC(OC)C4)cnc3C)c2s1.[HH].[HH]. The van der Waals surface area contributed by atoms with Gasteiger partial charge in [-0.05, 0) is 25.1 Å². The van der Waals surface area contributed by atoms with Crippen LogP contribution in [0.15, 0.2) is 43.0 Å². The van der Waals surface area contributed by atoms with Crippen molar-refractivity contribution in [1.29, 1.82) is 0 Å². The summed E-state index contributed by atoms with van der Waals surface area (Å²) in [6.07, 6.45) is 6.78. The number of nitrogens with one attached hydrogen (secondary N) is 2. The highest BCUT2D eigenvalue weighted by molar-refractivity contribution is 7.21. The van der Waals surface area contributed by atoms with E-state index in [9.17, 15) is 9.59 Å². The number of carbonyl (C=O) groups is 2. The lowest BCUT2D eigenvalue weighted by molar-refractivity contribution is -0.120. The summed E-state index contributed by atoms with van der Waals surface area (Å²) in [5, 5.41) is 10.1. The molecule has 0 bridgehead atoms. The average Bonchev–Trinajstić information content (AvgIpc) is 3.44. The van der Waals surface area contributed by atoms with Gasteiger partial charge in [0.05, 0.1) is 65.2 Å². The Morgan fingerprint density at radius 3 is 2.83 bits per heavy atom. The van der Waals surface area contributed by atoms with Crippen LogP contribution in [-0.4, -0.2) is 76.3 Å². The summed E-state index contributed by atoms with van der Waals surface area (Å²) in [6.45, 7) is 3.52. The molecule has 12 heteroatoms. The standard InChI is InChI=1S/C24H25N7O4S.2H2/c1-14-19(7-15(8-26-14)28-21(32)13-30-10-16(11-30)34-2)29-22(33)18-9-27-31-12-20(36-24(18)31)17-5-4-6-25-23(17)35-3;;/h4-9,12,16H,10-11,13H2,1-3H3,(H,28,32)(H,29,33);2*1H. The lowest BCUT2D eigenvalue weighted by atomic mass is 10.1. The number of amides is 2. The van der Waals surface area contributed by atoms with Gasteiger partial charge in [-0.2, -0.15) is 5.10 Å². The number of fused-ring (bicyclic) bond motifs is 1. The van der Waals surface area contributed by atoms with Crippen LogP contribution in [0.4, 0.5) is 11.4 Å². The molecule has 5 heterocycles. The molecule has 1 saturated heterocycles. The molecule has 2 N–H and O–H groups in total. The van der Waals surface area contributed by atoms with Crippen LogP contribution in [0.3, 0.4) is 0 Å². The number of hydrogen-bond donors (Lipinski definition) is 2. The molecular weight excluding hydrogens is 482 g/mol. The maximum atomic E-state index is 13.2. The van der Waals surface area contributed by atoms with Crippen LogP contribution in [-0.2, 0) is 9.53 Å². The van der Waals surface area contributed by atoms with Crippen molar-refractivity contribution in [2.24, 2.45) is 0 Å². The molecule has 2 amide bonds. The molecular formula is C24H29N7O4S. The maximum Gasteiger partial charge on any atom is 0.260 e. The second kappa shape index (κ2) is 10.0. The minimum absolute atomic E-state index is 0. The van der Waals surface area contributed by atoms with Crippen molar-refractivity contribution in [3.63, 3.8) is 0 Å². The molecule has 11 nitrogen and oxygen atoms in total. The monoisotopic (exact) mass is 511 g/mol. The second-order valence-electron chi connectivity index (χ2n) is 8.37. The molecule has 0 atom stereocenters. The summed E-state index contributed by atoms with van der Waals surface area (Å²) in [5.74, 6) is 0.0278. The largest absolute Gasteiger partial charge is 0.481 e. The normalized spacial score (nSPS) is 14.0. The molecule has 4 aromatic rings. The molecule has 0 radical (unpaired) electrons. The first-order valence-electron chi connectivity index (χ1n) is 11.2. The lowest BCUT2D eigenvalue weighted by Crippen LogP contribution is -2.53. The molecule has 0 aromatic carbocycles. The maximum absolute atomic E-state index is 13.2. The molecule has 4 aromatic heterocycles. The number of ether oxygens (including phenoxy) is 2. The van der Waals surface area contributed by atoms with Gasteiger partial charge in [0.2, 0.25) is 11.8 Å². The Kier molecular flexibility index (Phi) is 6.63. The van der Waals surface area contributed by atoms with Gasteiger partial charge in [-0.1, -0.05) is 0 Å². The topological polar surface area (TPSA) is 123 Å². The van der Waals surface area contributed by atoms with E-state index < -0.39 is 0 Å². The van der Waals surface area contributed by atoms with Gasteiger partial charge >= 0.3 is 0 Å². The summed E-state index contributed by atoms with van der Waals surface area (Å²) in [5.41, 5.74) is 2.88. The van der Waals surface area contributed by atoms with Crippen LogP contribution in [0.2, 0.25) is 0 Å². The molecule has 0 saturated carbocycles. The number of methoxy groups -OCH3 is 2. The van der Waals surface area contributed by atoms with Crippen LogP contribution in [0.5, 0.6) is 5.88 Å². The van der Waals surface area contributed by atoms with Gasteiger partial charge in [-0.15, -0.1) is 11.3 Å². The van der Waals surface area contributed by atoms with Gasteiger partial charge in [-0.25, -0.2) is 9.50 Å². The summed E-state index contributed by atoms with van der Waals surface area (Å²) in [7, 11) is 3.23. The van der Waals surface area contributed by atoms with Crippen molar-refractivity contribution in [3.05, 3.63) is 54.2 Å². The van der Waals surface area contributed by atoms with Crippen molar-refractivity contribution in [1.82, 2.24) is 24.5 Å². The highest BCUT2D eigenvalue weighted by atomic mass is 32.1. The van der Waals surface area contributed by atoms with Crippen molar-refractivity contribution in [2.75, 3.05) is 44.5 Å². The van der Waals surface area contributed by atoms with Crippen LogP contribution >= 0.6 is 11.3 Å². The minimum atomic E-state index is -0.323. The predicted octanol–water partition coefficient (Wildman–Crippen LogP) is 3.18. The zero-order chi connectivity index (χ0) is 25.2. The molecule has 0 unspecified atom stereocenters. The van der Waals surface area contributed by atoms with Crippen LogP contribution in [0.25, 0.3) is 15.3 Å². The van der Waals surface area contributed by atoms with Crippen molar-refractivity contribution < 1.29 is 21.9 Å². The van der Waals surface area contributed by atoms with E-state index in [1.165, 1.54) is 17.5 Å². The number of carbonyl (C=O) groups excluding carboxylic acids is 2. The fourth-order valence-electron chi connectivity index (χ4n) is 3.93. The Labute approximate surface area is 214 Å². The Morgan fingerprint density at radius 1 is 1.22 bits per heavy atom. The van der Waals surface area contributed by atoms with Crippen molar-refractivity contribution in [3.8, 4) is 16.3 Å². The molecule has 36 heavy (non-hydrogen) atoms. The molecule has 190 valence electrons. The van der Waals surface area contributed by atoms with Crippen molar-refractivity contribution >= 4 is 39.4 Å². The van der Waals surface area contributed by atoms with Crippen LogP contribution < -0.4 is 15.4 Å². The van der Waals surface area contributed by atoms with E-state index in [4.69, 9.17) is 9.47 Å². The zero-order valence-corrected chi connectivity index (χ0v) is 20.8. The Balaban J connectivity index is 0.00000200. The Hall–Kier alpha value is -3.87. The minimum Gasteiger partial charge on any atom is -0.481 e. The van der Waals surface area contributed by atoms with Crippen molar-refractivity contribution in [2.45, 2.75) is 13.0 Å². The number of anilines is 2. The highest BCUT2D eigenvalue weighted by Crippen LogP contribution is 2.35. The number of pyridine rings is 2. The first-order valence-corrected chi connectivity index (χ1v) is 12.1. The molecule has 5 rings (SSSR count). The second-order valence-corrected chi connectivity index (χ2v) is 9.41. The van der Waals surface area contributed by atoms with Crippen LogP contribution in [0, 0.1) is 6.92 Å². The van der Waals surface area contributed by atoms with E-state index >= 15 is 0 Å². The fraction of sp³-hybridized carbons (Fsp3) is 0.292. The smallest absolute Gasteiger partial charge is 0.260 e. The number of rotatable bonds is 8. The third-order valence-electron chi connectivity index (χ3n) is 5.91.